The molecule has 0 radical (unpaired) electrons. The second-order valence-electron chi connectivity index (χ2n) is 10.8. The molecule has 0 aromatic heterocycles. The molecule has 1 aromatic rings. The number of amides is 2. The molecule has 0 saturated carbocycles. The zero-order valence-corrected chi connectivity index (χ0v) is 20.9. The minimum absolute atomic E-state index is 0.0142. The third kappa shape index (κ3) is 6.67. The summed E-state index contributed by atoms with van der Waals surface area (Å²) in [6.07, 6.45) is 3.12. The summed E-state index contributed by atoms with van der Waals surface area (Å²) in [6, 6.07) is 7.03. The van der Waals surface area contributed by atoms with Gasteiger partial charge in [0.1, 0.15) is 11.8 Å². The number of anilines is 1. The summed E-state index contributed by atoms with van der Waals surface area (Å²) in [4.78, 5) is 41.6. The van der Waals surface area contributed by atoms with Crippen LogP contribution in [0.4, 0.5) is 14.9 Å². The summed E-state index contributed by atoms with van der Waals surface area (Å²) in [5.41, 5.74) is 1.36. The number of hydrogen-bond acceptors (Lipinski definition) is 4. The van der Waals surface area contributed by atoms with Gasteiger partial charge in [0, 0.05) is 25.1 Å². The van der Waals surface area contributed by atoms with Gasteiger partial charge in [0.2, 0.25) is 0 Å². The number of halogens is 1. The lowest BCUT2D eigenvalue weighted by Crippen LogP contribution is -2.43. The summed E-state index contributed by atoms with van der Waals surface area (Å²) >= 11 is 0. The average Bonchev–Trinajstić information content (AvgIpc) is 3.34. The number of fused-ring (bicyclic) bond motifs is 1. The molecule has 3 rings (SSSR count). The summed E-state index contributed by atoms with van der Waals surface area (Å²) in [5.74, 6) is -0.163. The zero-order valence-electron chi connectivity index (χ0n) is 20.9. The maximum atomic E-state index is 14.2. The van der Waals surface area contributed by atoms with Gasteiger partial charge in [0.05, 0.1) is 12.6 Å². The molecule has 1 saturated heterocycles. The van der Waals surface area contributed by atoms with Crippen LogP contribution in [0.3, 0.4) is 0 Å². The number of rotatable bonds is 7. The lowest BCUT2D eigenvalue weighted by molar-refractivity contribution is -0.124. The second-order valence-corrected chi connectivity index (χ2v) is 10.8. The van der Waals surface area contributed by atoms with E-state index in [9.17, 15) is 18.8 Å². The van der Waals surface area contributed by atoms with Crippen molar-refractivity contribution in [3.8, 4) is 0 Å². The monoisotopic (exact) mass is 472 g/mol. The number of alkyl halides is 1. The first kappa shape index (κ1) is 25.9. The predicted octanol–water partition coefficient (Wildman–Crippen LogP) is 5.10. The van der Waals surface area contributed by atoms with Crippen LogP contribution in [0.2, 0.25) is 0 Å². The van der Waals surface area contributed by atoms with E-state index >= 15 is 0 Å². The van der Waals surface area contributed by atoms with Crippen LogP contribution >= 0.6 is 0 Å². The SMILES string of the molecule is CC(C)C[C@@H](/C=C/C(=O)N1CCc2ccccc21)CC(=O)[C@@H]1C[C@H](F)CN1C(=O)OC(C)(C)C. The van der Waals surface area contributed by atoms with Gasteiger partial charge in [0.15, 0.2) is 5.78 Å². The number of allylic oxidation sites excluding steroid dienone is 1. The second kappa shape index (κ2) is 10.7. The third-order valence-corrected chi connectivity index (χ3v) is 6.15. The van der Waals surface area contributed by atoms with Gasteiger partial charge >= 0.3 is 6.09 Å². The molecular weight excluding hydrogens is 435 g/mol. The Hall–Kier alpha value is -2.70. The van der Waals surface area contributed by atoms with Gasteiger partial charge in [0.25, 0.3) is 5.91 Å². The summed E-state index contributed by atoms with van der Waals surface area (Å²) < 4.78 is 19.6. The van der Waals surface area contributed by atoms with Gasteiger partial charge in [-0.05, 0) is 63.2 Å². The number of hydrogen-bond donors (Lipinski definition) is 0. The predicted molar refractivity (Wildman–Crippen MR) is 130 cm³/mol. The van der Waals surface area contributed by atoms with Crippen LogP contribution in [-0.2, 0) is 20.7 Å². The molecule has 2 amide bonds. The Balaban J connectivity index is 1.68. The van der Waals surface area contributed by atoms with E-state index in [1.54, 1.807) is 37.8 Å². The number of carbonyl (C=O) groups excluding carboxylic acids is 3. The fraction of sp³-hybridized carbons (Fsp3) is 0.593. The lowest BCUT2D eigenvalue weighted by Gasteiger charge is -2.28. The van der Waals surface area contributed by atoms with Gasteiger partial charge in [-0.3, -0.25) is 14.5 Å². The molecule has 7 heteroatoms. The highest BCUT2D eigenvalue weighted by Gasteiger charge is 2.41. The molecule has 0 N–H and O–H groups in total. The first-order chi connectivity index (χ1) is 15.9. The number of nitrogens with zero attached hydrogens (tertiary/aromatic N) is 2. The molecule has 0 spiro atoms. The minimum Gasteiger partial charge on any atom is -0.444 e. The lowest BCUT2D eigenvalue weighted by atomic mass is 9.89. The van der Waals surface area contributed by atoms with E-state index < -0.39 is 23.9 Å². The highest BCUT2D eigenvalue weighted by molar-refractivity contribution is 6.03. The van der Waals surface area contributed by atoms with Crippen LogP contribution in [0.15, 0.2) is 36.4 Å². The largest absolute Gasteiger partial charge is 0.444 e. The van der Waals surface area contributed by atoms with Crippen LogP contribution in [0.25, 0.3) is 0 Å². The van der Waals surface area contributed by atoms with Gasteiger partial charge in [-0.15, -0.1) is 0 Å². The fourth-order valence-corrected chi connectivity index (χ4v) is 4.72. The van der Waals surface area contributed by atoms with E-state index in [2.05, 4.69) is 13.8 Å². The molecule has 2 heterocycles. The summed E-state index contributed by atoms with van der Waals surface area (Å²) in [5, 5.41) is 0. The molecule has 1 aromatic carbocycles. The number of para-hydroxylation sites is 1. The van der Waals surface area contributed by atoms with Gasteiger partial charge in [-0.2, -0.15) is 0 Å². The maximum Gasteiger partial charge on any atom is 0.411 e. The highest BCUT2D eigenvalue weighted by atomic mass is 19.1. The molecule has 0 aliphatic carbocycles. The van der Waals surface area contributed by atoms with Crippen molar-refractivity contribution in [2.45, 2.75) is 78.1 Å². The molecular formula is C27H37FN2O4. The summed E-state index contributed by atoms with van der Waals surface area (Å²) in [7, 11) is 0. The Morgan fingerprint density at radius 2 is 1.91 bits per heavy atom. The molecule has 186 valence electrons. The number of carbonyl (C=O) groups is 3. The van der Waals surface area contributed by atoms with Crippen LogP contribution < -0.4 is 4.90 Å². The van der Waals surface area contributed by atoms with E-state index in [1.807, 2.05) is 24.3 Å². The van der Waals surface area contributed by atoms with Gasteiger partial charge in [-0.1, -0.05) is 38.1 Å². The van der Waals surface area contributed by atoms with Crippen molar-refractivity contribution >= 4 is 23.5 Å². The summed E-state index contributed by atoms with van der Waals surface area (Å²) in [6.45, 7) is 9.84. The zero-order chi connectivity index (χ0) is 25.0. The first-order valence-electron chi connectivity index (χ1n) is 12.2. The van der Waals surface area contributed by atoms with E-state index in [-0.39, 0.29) is 37.0 Å². The van der Waals surface area contributed by atoms with Gasteiger partial charge in [-0.25, -0.2) is 9.18 Å². The average molecular weight is 473 g/mol. The molecule has 0 unspecified atom stereocenters. The minimum atomic E-state index is -1.25. The van der Waals surface area contributed by atoms with E-state index in [0.29, 0.717) is 18.9 Å². The van der Waals surface area contributed by atoms with Crippen LogP contribution in [0.1, 0.15) is 59.4 Å². The first-order valence-corrected chi connectivity index (χ1v) is 12.2. The van der Waals surface area contributed by atoms with E-state index in [0.717, 1.165) is 17.7 Å². The van der Waals surface area contributed by atoms with Crippen molar-refractivity contribution in [1.29, 1.82) is 0 Å². The van der Waals surface area contributed by atoms with E-state index in [1.165, 1.54) is 4.90 Å². The Bertz CT molecular complexity index is 937. The van der Waals surface area contributed by atoms with Gasteiger partial charge < -0.3 is 9.64 Å². The van der Waals surface area contributed by atoms with Crippen molar-refractivity contribution in [2.75, 3.05) is 18.0 Å². The Kier molecular flexibility index (Phi) is 8.16. The third-order valence-electron chi connectivity index (χ3n) is 6.15. The Labute approximate surface area is 202 Å². The topological polar surface area (TPSA) is 66.9 Å². The standard InChI is InChI=1S/C27H37FN2O4/c1-18(2)14-19(10-11-25(32)29-13-12-20-8-6-7-9-22(20)29)15-24(31)23-16-21(28)17-30(23)26(33)34-27(3,4)5/h6-11,18-19,21,23H,12-17H2,1-5H3/b11-10+/t19-,21+,23+/m1/s1. The van der Waals surface area contributed by atoms with Crippen molar-refractivity contribution in [2.24, 2.45) is 11.8 Å². The van der Waals surface area contributed by atoms with Crippen molar-refractivity contribution in [3.63, 3.8) is 0 Å². The molecule has 1 fully saturated rings. The van der Waals surface area contributed by atoms with Crippen molar-refractivity contribution in [3.05, 3.63) is 42.0 Å². The van der Waals surface area contributed by atoms with Crippen molar-refractivity contribution < 1.29 is 23.5 Å². The normalized spacial score (nSPS) is 21.3. The Morgan fingerprint density at radius 1 is 1.21 bits per heavy atom. The molecule has 34 heavy (non-hydrogen) atoms. The fourth-order valence-electron chi connectivity index (χ4n) is 4.72. The molecule has 3 atom stereocenters. The molecule has 2 aliphatic rings. The highest BCUT2D eigenvalue weighted by Crippen LogP contribution is 2.29. The smallest absolute Gasteiger partial charge is 0.411 e. The van der Waals surface area contributed by atoms with Crippen LogP contribution in [0, 0.1) is 11.8 Å². The molecule has 6 nitrogen and oxygen atoms in total. The Morgan fingerprint density at radius 3 is 2.59 bits per heavy atom. The molecule has 2 aliphatic heterocycles. The van der Waals surface area contributed by atoms with Crippen LogP contribution in [0.5, 0.6) is 0 Å². The number of benzene rings is 1. The quantitative estimate of drug-likeness (QED) is 0.518. The number of ether oxygens (including phenoxy) is 1. The number of likely N-dealkylation sites (tertiary alicyclic amines) is 1. The number of Topliss-reactive ketones (excluding diaryl/α,β-unsaturated/α-hetero) is 1. The number of ketones is 1. The maximum absolute atomic E-state index is 14.2. The van der Waals surface area contributed by atoms with E-state index in [4.69, 9.17) is 4.74 Å². The van der Waals surface area contributed by atoms with Crippen LogP contribution in [-0.4, -0.2) is 53.6 Å². The van der Waals surface area contributed by atoms with Crippen molar-refractivity contribution in [1.82, 2.24) is 4.90 Å². The molecule has 0 bridgehead atoms.